The molecule has 1 heterocycles. The summed E-state index contributed by atoms with van der Waals surface area (Å²) in [6, 6.07) is 6.01. The average molecular weight is 249 g/mol. The molecule has 0 spiro atoms. The Morgan fingerprint density at radius 2 is 2.28 bits per heavy atom. The molecule has 1 atom stereocenters. The number of aliphatic hydroxyl groups is 1. The van der Waals surface area contributed by atoms with Crippen LogP contribution in [0.1, 0.15) is 17.5 Å². The number of carbonyl (C=O) groups excluding carboxylic acids is 1. The summed E-state index contributed by atoms with van der Waals surface area (Å²) in [5.74, 6) is 0.0828. The van der Waals surface area contributed by atoms with Crippen LogP contribution in [0.5, 0.6) is 0 Å². The number of rotatable bonds is 5. The number of fused-ring (bicyclic) bond motifs is 1. The van der Waals surface area contributed by atoms with Gasteiger partial charge in [0.1, 0.15) is 0 Å². The molecule has 0 saturated heterocycles. The quantitative estimate of drug-likeness (QED) is 0.590. The molecule has 1 aromatic carbocycles. The molecular weight excluding hydrogens is 230 g/mol. The summed E-state index contributed by atoms with van der Waals surface area (Å²) >= 11 is 0. The normalized spacial score (nSPS) is 16.0. The second-order valence-electron chi connectivity index (χ2n) is 4.56. The van der Waals surface area contributed by atoms with Gasteiger partial charge in [0, 0.05) is 31.7 Å². The number of anilines is 1. The molecular formula is C13H19N3O2. The summed E-state index contributed by atoms with van der Waals surface area (Å²) in [6.45, 7) is 1.45. The third-order valence-corrected chi connectivity index (χ3v) is 3.05. The van der Waals surface area contributed by atoms with E-state index in [1.54, 1.807) is 0 Å². The van der Waals surface area contributed by atoms with Gasteiger partial charge in [0.05, 0.1) is 6.10 Å². The van der Waals surface area contributed by atoms with Crippen LogP contribution in [0.25, 0.3) is 0 Å². The Bertz CT molecular complexity index is 434. The van der Waals surface area contributed by atoms with Crippen molar-refractivity contribution in [2.24, 2.45) is 5.73 Å². The zero-order valence-corrected chi connectivity index (χ0v) is 10.3. The van der Waals surface area contributed by atoms with Gasteiger partial charge in [-0.1, -0.05) is 12.1 Å². The summed E-state index contributed by atoms with van der Waals surface area (Å²) in [5, 5.41) is 15.3. The minimum Gasteiger partial charge on any atom is -0.390 e. The Labute approximate surface area is 106 Å². The van der Waals surface area contributed by atoms with E-state index in [-0.39, 0.29) is 12.5 Å². The third-order valence-electron chi connectivity index (χ3n) is 3.05. The fourth-order valence-corrected chi connectivity index (χ4v) is 2.01. The van der Waals surface area contributed by atoms with Crippen molar-refractivity contribution in [1.29, 1.82) is 0 Å². The molecule has 0 fully saturated rings. The molecule has 5 heteroatoms. The van der Waals surface area contributed by atoms with E-state index in [0.717, 1.165) is 17.7 Å². The van der Waals surface area contributed by atoms with Crippen molar-refractivity contribution in [3.05, 3.63) is 29.3 Å². The molecule has 1 aromatic rings. The van der Waals surface area contributed by atoms with Crippen LogP contribution in [-0.2, 0) is 17.8 Å². The van der Waals surface area contributed by atoms with Crippen LogP contribution in [0.15, 0.2) is 18.2 Å². The van der Waals surface area contributed by atoms with Crippen molar-refractivity contribution in [2.45, 2.75) is 25.5 Å². The predicted octanol–water partition coefficient (Wildman–Crippen LogP) is -0.0195. The van der Waals surface area contributed by atoms with Crippen LogP contribution < -0.4 is 16.4 Å². The maximum absolute atomic E-state index is 11.2. The van der Waals surface area contributed by atoms with Crippen molar-refractivity contribution < 1.29 is 9.90 Å². The maximum atomic E-state index is 11.2. The highest BCUT2D eigenvalue weighted by molar-refractivity contribution is 5.93. The van der Waals surface area contributed by atoms with Gasteiger partial charge >= 0.3 is 0 Å². The van der Waals surface area contributed by atoms with Gasteiger partial charge in [0.2, 0.25) is 5.91 Å². The lowest BCUT2D eigenvalue weighted by molar-refractivity contribution is -0.116. The smallest absolute Gasteiger partial charge is 0.224 e. The third kappa shape index (κ3) is 3.29. The second kappa shape index (κ2) is 5.95. The molecule has 5 nitrogen and oxygen atoms in total. The van der Waals surface area contributed by atoms with Crippen molar-refractivity contribution in [3.63, 3.8) is 0 Å². The van der Waals surface area contributed by atoms with Gasteiger partial charge in [-0.3, -0.25) is 4.79 Å². The van der Waals surface area contributed by atoms with E-state index < -0.39 is 6.10 Å². The van der Waals surface area contributed by atoms with Gasteiger partial charge in [-0.2, -0.15) is 0 Å². The van der Waals surface area contributed by atoms with Gasteiger partial charge < -0.3 is 21.5 Å². The SMILES string of the molecule is NCC(O)CNCc1ccc2c(c1)CCC(=O)N2. The number of benzene rings is 1. The Balaban J connectivity index is 1.93. The molecule has 1 unspecified atom stereocenters. The van der Waals surface area contributed by atoms with Gasteiger partial charge in [-0.05, 0) is 23.6 Å². The second-order valence-corrected chi connectivity index (χ2v) is 4.56. The number of carbonyl (C=O) groups is 1. The molecule has 98 valence electrons. The number of nitrogens with one attached hydrogen (secondary N) is 2. The van der Waals surface area contributed by atoms with Crippen LogP contribution in [0.4, 0.5) is 5.69 Å². The van der Waals surface area contributed by atoms with Gasteiger partial charge in [0.15, 0.2) is 0 Å². The Kier molecular flexibility index (Phi) is 4.30. The summed E-state index contributed by atoms with van der Waals surface area (Å²) in [6.07, 6.45) is 0.845. The van der Waals surface area contributed by atoms with Gasteiger partial charge in [0.25, 0.3) is 0 Å². The van der Waals surface area contributed by atoms with E-state index >= 15 is 0 Å². The minimum atomic E-state index is -0.498. The first-order valence-corrected chi connectivity index (χ1v) is 6.19. The first-order chi connectivity index (χ1) is 8.69. The molecule has 1 aliphatic heterocycles. The molecule has 0 aliphatic carbocycles. The first-order valence-electron chi connectivity index (χ1n) is 6.19. The molecule has 2 rings (SSSR count). The lowest BCUT2D eigenvalue weighted by Gasteiger charge is -2.18. The van der Waals surface area contributed by atoms with Crippen molar-refractivity contribution in [2.75, 3.05) is 18.4 Å². The molecule has 0 radical (unpaired) electrons. The highest BCUT2D eigenvalue weighted by Crippen LogP contribution is 2.23. The number of hydrogen-bond acceptors (Lipinski definition) is 4. The fourth-order valence-electron chi connectivity index (χ4n) is 2.01. The largest absolute Gasteiger partial charge is 0.390 e. The highest BCUT2D eigenvalue weighted by Gasteiger charge is 2.14. The molecule has 1 aliphatic rings. The average Bonchev–Trinajstić information content (AvgIpc) is 2.38. The molecule has 1 amide bonds. The van der Waals surface area contributed by atoms with Crippen LogP contribution in [0.2, 0.25) is 0 Å². The zero-order valence-electron chi connectivity index (χ0n) is 10.3. The first kappa shape index (κ1) is 13.0. The Hall–Kier alpha value is -1.43. The number of aliphatic hydroxyl groups excluding tert-OH is 1. The molecule has 18 heavy (non-hydrogen) atoms. The topological polar surface area (TPSA) is 87.4 Å². The summed E-state index contributed by atoms with van der Waals surface area (Å²) in [4.78, 5) is 11.2. The molecule has 5 N–H and O–H groups in total. The standard InChI is InChI=1S/C13H19N3O2/c14-6-11(17)8-15-7-9-1-3-12-10(5-9)2-4-13(18)16-12/h1,3,5,11,15,17H,2,4,6-8,14H2,(H,16,18). The van der Waals surface area contributed by atoms with E-state index in [2.05, 4.69) is 16.7 Å². The summed E-state index contributed by atoms with van der Waals surface area (Å²) < 4.78 is 0. The number of hydrogen-bond donors (Lipinski definition) is 4. The van der Waals surface area contributed by atoms with Crippen LogP contribution in [0, 0.1) is 0 Å². The summed E-state index contributed by atoms with van der Waals surface area (Å²) in [5.41, 5.74) is 8.56. The molecule has 0 saturated carbocycles. The van der Waals surface area contributed by atoms with Crippen LogP contribution in [0.3, 0.4) is 0 Å². The monoisotopic (exact) mass is 249 g/mol. The predicted molar refractivity (Wildman–Crippen MR) is 70.2 cm³/mol. The minimum absolute atomic E-state index is 0.0828. The van der Waals surface area contributed by atoms with Crippen molar-refractivity contribution in [3.8, 4) is 0 Å². The molecule has 0 aromatic heterocycles. The molecule has 0 bridgehead atoms. The van der Waals surface area contributed by atoms with Gasteiger partial charge in [-0.25, -0.2) is 0 Å². The van der Waals surface area contributed by atoms with E-state index in [1.165, 1.54) is 5.56 Å². The zero-order chi connectivity index (χ0) is 13.0. The summed E-state index contributed by atoms with van der Waals surface area (Å²) in [7, 11) is 0. The van der Waals surface area contributed by atoms with Crippen molar-refractivity contribution in [1.82, 2.24) is 5.32 Å². The Morgan fingerprint density at radius 3 is 3.06 bits per heavy atom. The number of amides is 1. The Morgan fingerprint density at radius 1 is 1.44 bits per heavy atom. The van der Waals surface area contributed by atoms with E-state index in [9.17, 15) is 9.90 Å². The van der Waals surface area contributed by atoms with E-state index in [0.29, 0.717) is 19.5 Å². The van der Waals surface area contributed by atoms with Crippen LogP contribution in [-0.4, -0.2) is 30.2 Å². The fraction of sp³-hybridized carbons (Fsp3) is 0.462. The van der Waals surface area contributed by atoms with E-state index in [1.807, 2.05) is 12.1 Å². The number of aryl methyl sites for hydroxylation is 1. The van der Waals surface area contributed by atoms with Gasteiger partial charge in [-0.15, -0.1) is 0 Å². The lowest BCUT2D eigenvalue weighted by Crippen LogP contribution is -2.32. The lowest BCUT2D eigenvalue weighted by atomic mass is 10.0. The maximum Gasteiger partial charge on any atom is 0.224 e. The van der Waals surface area contributed by atoms with Crippen LogP contribution >= 0.6 is 0 Å². The van der Waals surface area contributed by atoms with E-state index in [4.69, 9.17) is 5.73 Å². The highest BCUT2D eigenvalue weighted by atomic mass is 16.3. The van der Waals surface area contributed by atoms with Crippen molar-refractivity contribution >= 4 is 11.6 Å². The number of nitrogens with two attached hydrogens (primary N) is 1.